The highest BCUT2D eigenvalue weighted by Gasteiger charge is 2.53. The van der Waals surface area contributed by atoms with Crippen molar-refractivity contribution in [3.05, 3.63) is 53.3 Å². The Morgan fingerprint density at radius 2 is 1.69 bits per heavy atom. The first-order valence-electron chi connectivity index (χ1n) is 9.25. The largest absolute Gasteiger partial charge is 0.340 e. The first kappa shape index (κ1) is 16.8. The number of benzene rings is 1. The molecule has 4 rings (SSSR count). The van der Waals surface area contributed by atoms with Crippen LogP contribution in [0.4, 0.5) is 0 Å². The van der Waals surface area contributed by atoms with E-state index in [0.29, 0.717) is 31.9 Å². The van der Waals surface area contributed by atoms with Gasteiger partial charge in [0.2, 0.25) is 5.91 Å². The second-order valence-electron chi connectivity index (χ2n) is 7.36. The van der Waals surface area contributed by atoms with E-state index in [2.05, 4.69) is 41.4 Å². The maximum Gasteiger partial charge on any atom is 0.271 e. The number of aromatic nitrogens is 2. The highest BCUT2D eigenvalue weighted by molar-refractivity contribution is 5.93. The van der Waals surface area contributed by atoms with Crippen molar-refractivity contribution in [3.8, 4) is 0 Å². The molecule has 2 aromatic rings. The zero-order chi connectivity index (χ0) is 18.1. The van der Waals surface area contributed by atoms with E-state index in [4.69, 9.17) is 0 Å². The van der Waals surface area contributed by atoms with Gasteiger partial charge in [0, 0.05) is 32.4 Å². The predicted octanol–water partition coefficient (Wildman–Crippen LogP) is 2.12. The molecular formula is C20H24N4O2. The molecule has 1 aliphatic carbocycles. The third kappa shape index (κ3) is 3.00. The number of aryl methyl sites for hydroxylation is 1. The average molecular weight is 352 g/mol. The molecule has 6 nitrogen and oxygen atoms in total. The van der Waals surface area contributed by atoms with Gasteiger partial charge in [-0.25, -0.2) is 0 Å². The number of amides is 2. The van der Waals surface area contributed by atoms with Gasteiger partial charge in [0.15, 0.2) is 0 Å². The molecule has 0 unspecified atom stereocenters. The smallest absolute Gasteiger partial charge is 0.271 e. The van der Waals surface area contributed by atoms with E-state index in [0.717, 1.165) is 24.8 Å². The summed E-state index contributed by atoms with van der Waals surface area (Å²) in [6.07, 6.45) is 4.22. The SMILES string of the molecule is Cc1ccc(C2(C(=O)N3CCCN(C(=O)c4ccn[nH]4)CC3)CC2)cc1. The van der Waals surface area contributed by atoms with E-state index < -0.39 is 0 Å². The van der Waals surface area contributed by atoms with E-state index in [1.165, 1.54) is 5.56 Å². The fraction of sp³-hybridized carbons (Fsp3) is 0.450. The summed E-state index contributed by atoms with van der Waals surface area (Å²) in [6.45, 7) is 4.59. The first-order chi connectivity index (χ1) is 12.6. The van der Waals surface area contributed by atoms with E-state index in [-0.39, 0.29) is 17.2 Å². The topological polar surface area (TPSA) is 69.3 Å². The molecule has 0 radical (unpaired) electrons. The summed E-state index contributed by atoms with van der Waals surface area (Å²) in [5.74, 6) is 0.175. The molecule has 1 aromatic carbocycles. The van der Waals surface area contributed by atoms with Crippen LogP contribution in [0.5, 0.6) is 0 Å². The number of H-pyrrole nitrogens is 1. The lowest BCUT2D eigenvalue weighted by Gasteiger charge is -2.26. The lowest BCUT2D eigenvalue weighted by Crippen LogP contribution is -2.42. The van der Waals surface area contributed by atoms with Gasteiger partial charge < -0.3 is 9.80 Å². The van der Waals surface area contributed by atoms with Crippen molar-refractivity contribution in [1.82, 2.24) is 20.0 Å². The third-order valence-electron chi connectivity index (χ3n) is 5.57. The van der Waals surface area contributed by atoms with Crippen LogP contribution in [0, 0.1) is 6.92 Å². The molecule has 2 fully saturated rings. The monoisotopic (exact) mass is 352 g/mol. The summed E-state index contributed by atoms with van der Waals surface area (Å²) in [5.41, 5.74) is 2.50. The summed E-state index contributed by atoms with van der Waals surface area (Å²) in [5, 5.41) is 6.58. The minimum absolute atomic E-state index is 0.0449. The third-order valence-corrected chi connectivity index (χ3v) is 5.57. The number of aromatic amines is 1. The Kier molecular flexibility index (Phi) is 4.26. The van der Waals surface area contributed by atoms with Crippen molar-refractivity contribution in [2.45, 2.75) is 31.6 Å². The van der Waals surface area contributed by atoms with Crippen LogP contribution in [0.25, 0.3) is 0 Å². The molecule has 1 aromatic heterocycles. The van der Waals surface area contributed by atoms with Gasteiger partial charge >= 0.3 is 0 Å². The molecule has 1 N–H and O–H groups in total. The molecule has 136 valence electrons. The molecule has 2 aliphatic rings. The zero-order valence-corrected chi connectivity index (χ0v) is 15.1. The molecule has 6 heteroatoms. The van der Waals surface area contributed by atoms with Crippen LogP contribution >= 0.6 is 0 Å². The van der Waals surface area contributed by atoms with Gasteiger partial charge in [0.05, 0.1) is 5.41 Å². The van der Waals surface area contributed by atoms with Crippen LogP contribution in [-0.2, 0) is 10.2 Å². The standard InChI is InChI=1S/C20H24N4O2/c1-15-3-5-16(6-4-15)20(8-9-20)19(26)24-12-2-11-23(13-14-24)18(25)17-7-10-21-22-17/h3-7,10H,2,8-9,11-14H2,1H3,(H,21,22). The molecular weight excluding hydrogens is 328 g/mol. The second kappa shape index (κ2) is 6.59. The van der Waals surface area contributed by atoms with E-state index in [1.807, 2.05) is 9.80 Å². The molecule has 2 amide bonds. The predicted molar refractivity (Wildman–Crippen MR) is 97.8 cm³/mol. The van der Waals surface area contributed by atoms with Crippen LogP contribution in [0.15, 0.2) is 36.5 Å². The minimum Gasteiger partial charge on any atom is -0.340 e. The Labute approximate surface area is 153 Å². The summed E-state index contributed by atoms with van der Waals surface area (Å²) in [6, 6.07) is 10.0. The minimum atomic E-state index is -0.337. The van der Waals surface area contributed by atoms with Gasteiger partial charge in [0.25, 0.3) is 5.91 Å². The van der Waals surface area contributed by atoms with Crippen LogP contribution in [0.1, 0.15) is 40.9 Å². The summed E-state index contributed by atoms with van der Waals surface area (Å²) < 4.78 is 0. The van der Waals surface area contributed by atoms with E-state index >= 15 is 0 Å². The van der Waals surface area contributed by atoms with Gasteiger partial charge in [-0.3, -0.25) is 14.7 Å². The van der Waals surface area contributed by atoms with Crippen LogP contribution in [-0.4, -0.2) is 58.0 Å². The van der Waals surface area contributed by atoms with Gasteiger partial charge in [-0.2, -0.15) is 5.10 Å². The van der Waals surface area contributed by atoms with Gasteiger partial charge in [-0.1, -0.05) is 29.8 Å². The van der Waals surface area contributed by atoms with Crippen molar-refractivity contribution in [1.29, 1.82) is 0 Å². The maximum absolute atomic E-state index is 13.2. The molecule has 0 bridgehead atoms. The van der Waals surface area contributed by atoms with Crippen LogP contribution < -0.4 is 0 Å². The lowest BCUT2D eigenvalue weighted by atomic mass is 9.93. The quantitative estimate of drug-likeness (QED) is 0.920. The van der Waals surface area contributed by atoms with Crippen molar-refractivity contribution in [3.63, 3.8) is 0 Å². The molecule has 0 atom stereocenters. The van der Waals surface area contributed by atoms with Crippen molar-refractivity contribution in [2.75, 3.05) is 26.2 Å². The van der Waals surface area contributed by atoms with Gasteiger partial charge in [0.1, 0.15) is 5.69 Å². The fourth-order valence-electron chi connectivity index (χ4n) is 3.80. The highest BCUT2D eigenvalue weighted by atomic mass is 16.2. The van der Waals surface area contributed by atoms with Crippen LogP contribution in [0.2, 0.25) is 0 Å². The molecule has 26 heavy (non-hydrogen) atoms. The number of carbonyl (C=O) groups is 2. The van der Waals surface area contributed by atoms with E-state index in [1.54, 1.807) is 12.3 Å². The van der Waals surface area contributed by atoms with E-state index in [9.17, 15) is 9.59 Å². The number of hydrogen-bond donors (Lipinski definition) is 1. The Balaban J connectivity index is 1.45. The van der Waals surface area contributed by atoms with Crippen molar-refractivity contribution >= 4 is 11.8 Å². The maximum atomic E-state index is 13.2. The summed E-state index contributed by atoms with van der Waals surface area (Å²) in [7, 11) is 0. The van der Waals surface area contributed by atoms with Gasteiger partial charge in [-0.15, -0.1) is 0 Å². The second-order valence-corrected chi connectivity index (χ2v) is 7.36. The number of carbonyl (C=O) groups excluding carboxylic acids is 2. The molecule has 1 saturated carbocycles. The van der Waals surface area contributed by atoms with Crippen molar-refractivity contribution < 1.29 is 9.59 Å². The number of nitrogens with zero attached hydrogens (tertiary/aromatic N) is 3. The first-order valence-corrected chi connectivity index (χ1v) is 9.25. The van der Waals surface area contributed by atoms with Crippen LogP contribution in [0.3, 0.4) is 0 Å². The molecule has 2 heterocycles. The lowest BCUT2D eigenvalue weighted by molar-refractivity contribution is -0.133. The highest BCUT2D eigenvalue weighted by Crippen LogP contribution is 2.49. The number of rotatable bonds is 3. The summed E-state index contributed by atoms with van der Waals surface area (Å²) >= 11 is 0. The number of nitrogens with one attached hydrogen (secondary N) is 1. The van der Waals surface area contributed by atoms with Gasteiger partial charge in [-0.05, 0) is 37.8 Å². The Bertz CT molecular complexity index is 794. The Hall–Kier alpha value is -2.63. The molecule has 0 spiro atoms. The Morgan fingerprint density at radius 3 is 2.35 bits per heavy atom. The number of hydrogen-bond acceptors (Lipinski definition) is 3. The molecule has 1 saturated heterocycles. The summed E-state index contributed by atoms with van der Waals surface area (Å²) in [4.78, 5) is 29.5. The normalized spacial score (nSPS) is 19.1. The van der Waals surface area contributed by atoms with Crippen molar-refractivity contribution in [2.24, 2.45) is 0 Å². The molecule has 1 aliphatic heterocycles. The zero-order valence-electron chi connectivity index (χ0n) is 15.1. The average Bonchev–Trinajstić information content (AvgIpc) is 3.35. The Morgan fingerprint density at radius 1 is 1.00 bits per heavy atom. The fourth-order valence-corrected chi connectivity index (χ4v) is 3.80.